The quantitative estimate of drug-likeness (QED) is 0.0422. The molecule has 0 bridgehead atoms. The molecule has 15 N–H and O–H groups in total. The van der Waals surface area contributed by atoms with Crippen molar-refractivity contribution in [2.24, 2.45) is 5.73 Å². The molecule has 4 aliphatic rings. The number of aliphatic carboxylic acids is 1. The lowest BCUT2D eigenvalue weighted by molar-refractivity contribution is -0.366. The normalized spacial score (nSPS) is 39.7. The van der Waals surface area contributed by atoms with Crippen LogP contribution in [0.25, 0.3) is 0 Å². The first kappa shape index (κ1) is 54.2. The fourth-order valence-electron chi connectivity index (χ4n) is 6.92. The van der Waals surface area contributed by atoms with E-state index in [1.54, 1.807) is 0 Å². The highest BCUT2D eigenvalue weighted by molar-refractivity contribution is 8.76. The van der Waals surface area contributed by atoms with E-state index in [0.29, 0.717) is 18.1 Å². The maximum absolute atomic E-state index is 13.9. The molecule has 4 rings (SSSR count). The molecule has 0 aromatic rings. The summed E-state index contributed by atoms with van der Waals surface area (Å²) in [4.78, 5) is 50.3. The third-order valence-corrected chi connectivity index (χ3v) is 12.3. The summed E-state index contributed by atoms with van der Waals surface area (Å²) >= 11 is 0. The lowest BCUT2D eigenvalue weighted by Crippen LogP contribution is -2.71. The Balaban J connectivity index is 0.00000504. The summed E-state index contributed by atoms with van der Waals surface area (Å²) in [5, 5.41) is 111. The van der Waals surface area contributed by atoms with Gasteiger partial charge in [-0.3, -0.25) is 14.4 Å². The first-order valence-corrected chi connectivity index (χ1v) is 21.8. The lowest BCUT2D eigenvalue weighted by atomic mass is 9.94. The van der Waals surface area contributed by atoms with Gasteiger partial charge in [0.15, 0.2) is 37.4 Å². The number of aliphatic hydroxyl groups is 9. The maximum Gasteiger partial charge on any atom is 0.333 e. The molecule has 4 aliphatic heterocycles. The molecule has 4 saturated heterocycles. The number of rotatable bonds is 19. The molecule has 0 aliphatic carbocycles. The molecule has 360 valence electrons. The molecule has 4 fully saturated rings. The van der Waals surface area contributed by atoms with Crippen LogP contribution in [0.5, 0.6) is 0 Å². The minimum absolute atomic E-state index is 0.0326. The number of aliphatic hydroxyl groups excluding tert-OH is 9. The van der Waals surface area contributed by atoms with Crippen LogP contribution in [0.3, 0.4) is 0 Å². The maximum atomic E-state index is 13.9. The van der Waals surface area contributed by atoms with Gasteiger partial charge in [-0.1, -0.05) is 21.6 Å². The minimum atomic E-state index is -2.15. The highest BCUT2D eigenvalue weighted by atomic mass is 33.1. The van der Waals surface area contributed by atoms with Crippen LogP contribution < -0.4 is 21.7 Å². The average Bonchev–Trinajstić information content (AvgIpc) is 3.23. The van der Waals surface area contributed by atoms with Gasteiger partial charge in [0.05, 0.1) is 19.3 Å². The van der Waals surface area contributed by atoms with Crippen LogP contribution in [-0.2, 0) is 57.1 Å². The molecule has 0 aromatic carbocycles. The van der Waals surface area contributed by atoms with Crippen LogP contribution >= 0.6 is 21.6 Å². The number of carbonyl (C=O) groups is 4. The largest absolute Gasteiger partial charge is 0.479 e. The third kappa shape index (κ3) is 13.9. The lowest BCUT2D eigenvalue weighted by Gasteiger charge is -2.50. The summed E-state index contributed by atoms with van der Waals surface area (Å²) in [6, 6.07) is -2.97. The number of nitrogens with one attached hydrogen (secondary N) is 3. The van der Waals surface area contributed by atoms with E-state index in [0.717, 1.165) is 21.0 Å². The zero-order chi connectivity index (χ0) is 46.4. The zero-order valence-electron chi connectivity index (χ0n) is 34.2. The first-order valence-electron chi connectivity index (χ1n) is 19.3. The number of carbonyl (C=O) groups excluding carboxylic acids is 3. The number of carboxylic acid groups (broad SMARTS) is 1. The predicted molar refractivity (Wildman–Crippen MR) is 209 cm³/mol. The highest BCUT2D eigenvalue weighted by Crippen LogP contribution is 2.35. The second-order valence-corrected chi connectivity index (χ2v) is 16.9. The number of methoxy groups -OCH3 is 1. The van der Waals surface area contributed by atoms with E-state index in [1.165, 1.54) is 28.7 Å². The van der Waals surface area contributed by atoms with Crippen molar-refractivity contribution in [2.45, 2.75) is 137 Å². The Hall–Kier alpha value is -2.14. The Morgan fingerprint density at radius 2 is 1.18 bits per heavy atom. The van der Waals surface area contributed by atoms with E-state index in [2.05, 4.69) is 16.0 Å². The van der Waals surface area contributed by atoms with Crippen LogP contribution in [0.15, 0.2) is 0 Å². The van der Waals surface area contributed by atoms with Gasteiger partial charge in [0, 0.05) is 59.1 Å². The molecule has 26 nitrogen and oxygen atoms in total. The minimum Gasteiger partial charge on any atom is -0.479 e. The number of hydrogen-bond acceptors (Lipinski definition) is 24. The summed E-state index contributed by atoms with van der Waals surface area (Å²) in [6.45, 7) is 0.964. The average molecular weight is 941 g/mol. The molecule has 11 unspecified atom stereocenters. The Morgan fingerprint density at radius 1 is 0.677 bits per heavy atom. The van der Waals surface area contributed by atoms with Gasteiger partial charge in [0.1, 0.15) is 73.1 Å². The fourth-order valence-corrected chi connectivity index (χ4v) is 8.69. The number of carboxylic acids is 1. The Labute approximate surface area is 363 Å². The zero-order valence-corrected chi connectivity index (χ0v) is 35.8. The van der Waals surface area contributed by atoms with Crippen molar-refractivity contribution in [3.05, 3.63) is 0 Å². The molecule has 0 aromatic heterocycles. The summed E-state index contributed by atoms with van der Waals surface area (Å²) in [5.74, 6) is -2.87. The van der Waals surface area contributed by atoms with E-state index >= 15 is 0 Å². The molecule has 3 amide bonds. The molecule has 0 spiro atoms. The van der Waals surface area contributed by atoms with Crippen LogP contribution in [-0.4, -0.2) is 243 Å². The van der Waals surface area contributed by atoms with Crippen molar-refractivity contribution in [1.82, 2.24) is 16.0 Å². The van der Waals surface area contributed by atoms with Crippen LogP contribution in [0.4, 0.5) is 0 Å². The van der Waals surface area contributed by atoms with E-state index < -0.39 is 160 Å². The monoisotopic (exact) mass is 940 g/mol. The van der Waals surface area contributed by atoms with Crippen molar-refractivity contribution in [3.8, 4) is 0 Å². The van der Waals surface area contributed by atoms with Gasteiger partial charge < -0.3 is 111 Å². The third-order valence-electron chi connectivity index (χ3n) is 9.83. The molecule has 0 radical (unpaired) electrons. The van der Waals surface area contributed by atoms with E-state index in [-0.39, 0.29) is 6.54 Å². The van der Waals surface area contributed by atoms with Crippen molar-refractivity contribution >= 4 is 45.3 Å². The molecule has 28 heteroatoms. The van der Waals surface area contributed by atoms with Crippen LogP contribution in [0, 0.1) is 0 Å². The Kier molecular flexibility index (Phi) is 22.8. The van der Waals surface area contributed by atoms with Crippen LogP contribution in [0.1, 0.15) is 20.3 Å². The van der Waals surface area contributed by atoms with Crippen molar-refractivity contribution in [3.63, 3.8) is 0 Å². The second-order valence-electron chi connectivity index (χ2n) is 14.2. The van der Waals surface area contributed by atoms with Crippen molar-refractivity contribution < 1.29 is 108 Å². The van der Waals surface area contributed by atoms with Gasteiger partial charge in [-0.25, -0.2) is 4.79 Å². The van der Waals surface area contributed by atoms with E-state index in [4.69, 9.17) is 48.7 Å². The first-order chi connectivity index (χ1) is 29.5. The number of amides is 3. The van der Waals surface area contributed by atoms with Gasteiger partial charge in [-0.2, -0.15) is 0 Å². The van der Waals surface area contributed by atoms with Gasteiger partial charge in [-0.15, -0.1) is 0 Å². The Morgan fingerprint density at radius 3 is 1.68 bits per heavy atom. The van der Waals surface area contributed by atoms with Gasteiger partial charge >= 0.3 is 5.97 Å². The summed E-state index contributed by atoms with van der Waals surface area (Å²) in [7, 11) is 5.04. The number of nitrogens with two attached hydrogens (primary N) is 1. The Bertz CT molecular complexity index is 1420. The molecule has 0 saturated carbocycles. The molecular weight excluding hydrogens is 881 g/mol. The summed E-state index contributed by atoms with van der Waals surface area (Å²) in [5.41, 5.74) is 5.53. The smallest absolute Gasteiger partial charge is 0.333 e. The van der Waals surface area contributed by atoms with Gasteiger partial charge in [0.25, 0.3) is 5.91 Å². The topological polar surface area (TPSA) is 407 Å². The number of hydrogen-bond donors (Lipinski definition) is 14. The fraction of sp³-hybridized carbons (Fsp3) is 0.882. The highest BCUT2D eigenvalue weighted by Gasteiger charge is 2.57. The second kappa shape index (κ2) is 26.1. The predicted octanol–water partition coefficient (Wildman–Crippen LogP) is -7.61. The van der Waals surface area contributed by atoms with Gasteiger partial charge in [-0.05, 0) is 0 Å². The standard InChI is InChI=1S/C33H56N4O21S2.CH4O/c1-11(40)36-17-24(20(44)15(9-38)53-30(17)51-3)56-33-23(47)22(46)26(27(58-33)28(48)35-5-7-60-59-6-4-34)57-31-18(37-12(2)41)25(21(45)16(10-39)54-31)55-32-19(43)13(42)8-14(52-32)29(49)50;1-2/h13-27,30-33,38-39,42-47H,4-10,34H2,1-3H3,(H,35,48)(H,36,40)(H,37,41)(H,49,50);2H,1H3/t13-,14?,15?,16?,17-,18-,19-,20?,21?,22+,23-,24+,25+,26?,27?,30?,31?,32?,33?;/m0./s1. The SMILES string of the molecule is CO.COC1OC(CO)C(O)[C@H](OC2OC(C(=O)NCCSSCCN)C(OC3OC(CO)C(O)[C@H](OC4OC(C(=O)O)C[C@H](O)[C@@H]4O)[C@@H]3NC(C)=O)[C@H](O)[C@@H]2O)[C@@H]1NC(C)=O. The molecule has 62 heavy (non-hydrogen) atoms. The molecular formula is C34H60N4O22S2. The number of ether oxygens (including phenoxy) is 8. The molecule has 4 heterocycles. The molecule has 19 atom stereocenters. The summed E-state index contributed by atoms with van der Waals surface area (Å²) in [6.07, 6.45) is -30.9. The van der Waals surface area contributed by atoms with Crippen LogP contribution in [0.2, 0.25) is 0 Å². The van der Waals surface area contributed by atoms with Crippen molar-refractivity contribution in [2.75, 3.05) is 52.0 Å². The van der Waals surface area contributed by atoms with E-state index in [9.17, 15) is 65.1 Å². The van der Waals surface area contributed by atoms with Gasteiger partial charge in [0.2, 0.25) is 11.8 Å². The summed E-state index contributed by atoms with van der Waals surface area (Å²) < 4.78 is 45.8. The van der Waals surface area contributed by atoms with E-state index in [1.807, 2.05) is 0 Å². The van der Waals surface area contributed by atoms with Crippen molar-refractivity contribution in [1.29, 1.82) is 0 Å².